The molecule has 0 fully saturated rings. The molecule has 0 aliphatic carbocycles. The highest BCUT2D eigenvalue weighted by Gasteiger charge is 2.07. The molecule has 106 valence electrons. The Morgan fingerprint density at radius 1 is 1.05 bits per heavy atom. The molecule has 21 heavy (non-hydrogen) atoms. The molecule has 3 rings (SSSR count). The minimum Gasteiger partial charge on any atom is -0.253 e. The second-order valence-electron chi connectivity index (χ2n) is 5.09. The van der Waals surface area contributed by atoms with E-state index in [0.717, 1.165) is 39.5 Å². The monoisotopic (exact) mass is 343 g/mol. The highest BCUT2D eigenvalue weighted by molar-refractivity contribution is 9.10. The lowest BCUT2D eigenvalue weighted by molar-refractivity contribution is 0.627. The lowest BCUT2D eigenvalue weighted by Gasteiger charge is -2.10. The van der Waals surface area contributed by atoms with E-state index >= 15 is 0 Å². The predicted molar refractivity (Wildman–Crippen MR) is 88.0 cm³/mol. The number of nitrogens with zero attached hydrogens (tertiary/aromatic N) is 1. The van der Waals surface area contributed by atoms with Crippen molar-refractivity contribution in [1.29, 1.82) is 0 Å². The van der Waals surface area contributed by atoms with Gasteiger partial charge in [0.2, 0.25) is 0 Å². The molecule has 0 unspecified atom stereocenters. The van der Waals surface area contributed by atoms with Crippen molar-refractivity contribution in [3.05, 3.63) is 75.6 Å². The zero-order valence-corrected chi connectivity index (χ0v) is 13.3. The molecule has 0 atom stereocenters. The van der Waals surface area contributed by atoms with Crippen LogP contribution >= 0.6 is 15.9 Å². The summed E-state index contributed by atoms with van der Waals surface area (Å²) in [6, 6.07) is 15.0. The van der Waals surface area contributed by atoms with Gasteiger partial charge in [0.05, 0.1) is 5.52 Å². The summed E-state index contributed by atoms with van der Waals surface area (Å²) in [5.41, 5.74) is 4.42. The molecule has 1 nitrogen and oxygen atoms in total. The van der Waals surface area contributed by atoms with Crippen LogP contribution in [0.25, 0.3) is 10.9 Å². The van der Waals surface area contributed by atoms with E-state index in [4.69, 9.17) is 4.98 Å². The third kappa shape index (κ3) is 3.13. The summed E-state index contributed by atoms with van der Waals surface area (Å²) in [5.74, 6) is -0.199. The number of hydrogen-bond donors (Lipinski definition) is 0. The van der Waals surface area contributed by atoms with Gasteiger partial charge in [-0.25, -0.2) is 4.39 Å². The van der Waals surface area contributed by atoms with Gasteiger partial charge in [0, 0.05) is 15.6 Å². The van der Waals surface area contributed by atoms with E-state index in [1.54, 1.807) is 0 Å². The van der Waals surface area contributed by atoms with Crippen LogP contribution in [0.2, 0.25) is 0 Å². The Labute approximate surface area is 132 Å². The average Bonchev–Trinajstić information content (AvgIpc) is 2.49. The lowest BCUT2D eigenvalue weighted by atomic mass is 10.0. The summed E-state index contributed by atoms with van der Waals surface area (Å²) in [7, 11) is 0. The maximum absolute atomic E-state index is 13.0. The van der Waals surface area contributed by atoms with Gasteiger partial charge in [-0.3, -0.25) is 4.98 Å². The Morgan fingerprint density at radius 2 is 1.81 bits per heavy atom. The minimum absolute atomic E-state index is 0.199. The number of aryl methyl sites for hydroxylation is 1. The molecule has 1 heterocycles. The Morgan fingerprint density at radius 3 is 2.52 bits per heavy atom. The van der Waals surface area contributed by atoms with Gasteiger partial charge in [0.15, 0.2) is 0 Å². The van der Waals surface area contributed by atoms with Crippen molar-refractivity contribution in [2.24, 2.45) is 0 Å². The highest BCUT2D eigenvalue weighted by Crippen LogP contribution is 2.23. The SMILES string of the molecule is CCc1nc2ccc(Br)cc2cc1Cc1ccc(F)cc1. The molecule has 0 saturated carbocycles. The van der Waals surface area contributed by atoms with Gasteiger partial charge in [-0.2, -0.15) is 0 Å². The Kier molecular flexibility index (Phi) is 4.02. The summed E-state index contributed by atoms with van der Waals surface area (Å²) in [6.45, 7) is 2.11. The molecular weight excluding hydrogens is 329 g/mol. The summed E-state index contributed by atoms with van der Waals surface area (Å²) in [6.07, 6.45) is 1.67. The standard InChI is InChI=1S/C18H15BrFN/c1-2-17-13(9-12-3-6-16(20)7-4-12)10-14-11-15(19)5-8-18(14)21-17/h3-8,10-11H,2,9H2,1H3. The van der Waals surface area contributed by atoms with E-state index in [-0.39, 0.29) is 5.82 Å². The van der Waals surface area contributed by atoms with E-state index in [2.05, 4.69) is 35.0 Å². The molecular formula is C18H15BrFN. The number of aromatic nitrogens is 1. The molecule has 0 bridgehead atoms. The zero-order valence-electron chi connectivity index (χ0n) is 11.7. The molecule has 0 amide bonds. The van der Waals surface area contributed by atoms with Crippen LogP contribution in [0.1, 0.15) is 23.7 Å². The van der Waals surface area contributed by atoms with Crippen LogP contribution in [0.3, 0.4) is 0 Å². The summed E-state index contributed by atoms with van der Waals surface area (Å²) in [5, 5.41) is 1.12. The van der Waals surface area contributed by atoms with Crippen LogP contribution in [0.4, 0.5) is 4.39 Å². The van der Waals surface area contributed by atoms with Crippen molar-refractivity contribution in [2.75, 3.05) is 0 Å². The maximum Gasteiger partial charge on any atom is 0.123 e. The van der Waals surface area contributed by atoms with Gasteiger partial charge in [-0.05, 0) is 60.4 Å². The topological polar surface area (TPSA) is 12.9 Å². The molecule has 0 aliphatic heterocycles. The number of benzene rings is 2. The van der Waals surface area contributed by atoms with E-state index in [1.807, 2.05) is 24.3 Å². The number of halogens is 2. The first-order chi connectivity index (χ1) is 10.2. The van der Waals surface area contributed by atoms with Crippen LogP contribution in [0.15, 0.2) is 53.0 Å². The minimum atomic E-state index is -0.199. The fraction of sp³-hybridized carbons (Fsp3) is 0.167. The second-order valence-corrected chi connectivity index (χ2v) is 6.00. The molecule has 3 heteroatoms. The molecule has 0 aliphatic rings. The normalized spacial score (nSPS) is 11.0. The van der Waals surface area contributed by atoms with Gasteiger partial charge in [-0.15, -0.1) is 0 Å². The van der Waals surface area contributed by atoms with Gasteiger partial charge in [-0.1, -0.05) is 35.0 Å². The number of fused-ring (bicyclic) bond motifs is 1. The van der Waals surface area contributed by atoms with Crippen molar-refractivity contribution >= 4 is 26.8 Å². The van der Waals surface area contributed by atoms with Crippen LogP contribution in [-0.2, 0) is 12.8 Å². The maximum atomic E-state index is 13.0. The van der Waals surface area contributed by atoms with Crippen LogP contribution in [0.5, 0.6) is 0 Å². The first-order valence-corrected chi connectivity index (χ1v) is 7.77. The van der Waals surface area contributed by atoms with Gasteiger partial charge >= 0.3 is 0 Å². The molecule has 2 aromatic carbocycles. The fourth-order valence-corrected chi connectivity index (χ4v) is 2.89. The third-order valence-corrected chi connectivity index (χ3v) is 4.08. The highest BCUT2D eigenvalue weighted by atomic mass is 79.9. The third-order valence-electron chi connectivity index (χ3n) is 3.59. The van der Waals surface area contributed by atoms with Crippen molar-refractivity contribution < 1.29 is 4.39 Å². The van der Waals surface area contributed by atoms with Gasteiger partial charge < -0.3 is 0 Å². The Balaban J connectivity index is 2.05. The van der Waals surface area contributed by atoms with Crippen LogP contribution in [0, 0.1) is 5.82 Å². The number of pyridine rings is 1. The quantitative estimate of drug-likeness (QED) is 0.629. The smallest absolute Gasteiger partial charge is 0.123 e. The van der Waals surface area contributed by atoms with Gasteiger partial charge in [0.1, 0.15) is 5.82 Å². The summed E-state index contributed by atoms with van der Waals surface area (Å²) >= 11 is 3.50. The molecule has 3 aromatic rings. The first-order valence-electron chi connectivity index (χ1n) is 6.98. The van der Waals surface area contributed by atoms with Crippen LogP contribution < -0.4 is 0 Å². The molecule has 0 spiro atoms. The predicted octanol–water partition coefficient (Wildman–Crippen LogP) is 5.29. The summed E-state index contributed by atoms with van der Waals surface area (Å²) in [4.78, 5) is 4.75. The molecule has 0 radical (unpaired) electrons. The largest absolute Gasteiger partial charge is 0.253 e. The Bertz CT molecular complexity index is 781. The molecule has 1 aromatic heterocycles. The fourth-order valence-electron chi connectivity index (χ4n) is 2.51. The van der Waals surface area contributed by atoms with Crippen molar-refractivity contribution in [3.8, 4) is 0 Å². The average molecular weight is 344 g/mol. The van der Waals surface area contributed by atoms with Crippen molar-refractivity contribution in [1.82, 2.24) is 4.98 Å². The van der Waals surface area contributed by atoms with E-state index in [9.17, 15) is 4.39 Å². The van der Waals surface area contributed by atoms with E-state index < -0.39 is 0 Å². The number of rotatable bonds is 3. The van der Waals surface area contributed by atoms with Crippen molar-refractivity contribution in [3.63, 3.8) is 0 Å². The molecule has 0 saturated heterocycles. The van der Waals surface area contributed by atoms with Crippen LogP contribution in [-0.4, -0.2) is 4.98 Å². The number of hydrogen-bond acceptors (Lipinski definition) is 1. The first kappa shape index (κ1) is 14.2. The summed E-state index contributed by atoms with van der Waals surface area (Å²) < 4.78 is 14.1. The Hall–Kier alpha value is -1.74. The molecule has 0 N–H and O–H groups in total. The van der Waals surface area contributed by atoms with Gasteiger partial charge in [0.25, 0.3) is 0 Å². The van der Waals surface area contributed by atoms with E-state index in [0.29, 0.717) is 0 Å². The second kappa shape index (κ2) is 5.94. The zero-order chi connectivity index (χ0) is 14.8. The lowest BCUT2D eigenvalue weighted by Crippen LogP contribution is -1.99. The van der Waals surface area contributed by atoms with Crippen molar-refractivity contribution in [2.45, 2.75) is 19.8 Å². The van der Waals surface area contributed by atoms with E-state index in [1.165, 1.54) is 17.7 Å².